The summed E-state index contributed by atoms with van der Waals surface area (Å²) in [6.07, 6.45) is 2.01. The number of hydrogen-bond acceptors (Lipinski definition) is 6. The molecule has 0 spiro atoms. The van der Waals surface area contributed by atoms with Crippen LogP contribution in [-0.4, -0.2) is 23.2 Å². The second-order valence-electron chi connectivity index (χ2n) is 8.50. The van der Waals surface area contributed by atoms with Gasteiger partial charge in [0, 0.05) is 29.1 Å². The molecule has 2 aromatic carbocycles. The summed E-state index contributed by atoms with van der Waals surface area (Å²) in [5.41, 5.74) is 1.31. The van der Waals surface area contributed by atoms with Crippen LogP contribution in [0.25, 0.3) is 0 Å². The van der Waals surface area contributed by atoms with E-state index in [4.69, 9.17) is 16.3 Å². The SMILES string of the molecule is CC(C)(C)n1nc(Cc2ccc(Cl)cc2)cc1Oc1ccc(S(=O)(=O)Nc2nccs2)cc1F. The van der Waals surface area contributed by atoms with Gasteiger partial charge >= 0.3 is 0 Å². The largest absolute Gasteiger partial charge is 0.436 e. The molecule has 2 heterocycles. The van der Waals surface area contributed by atoms with Crippen LogP contribution < -0.4 is 9.46 Å². The zero-order valence-corrected chi connectivity index (χ0v) is 21.0. The van der Waals surface area contributed by atoms with E-state index in [0.717, 1.165) is 28.7 Å². The Morgan fingerprint density at radius 2 is 1.88 bits per heavy atom. The first kappa shape index (κ1) is 24.2. The maximum absolute atomic E-state index is 14.9. The van der Waals surface area contributed by atoms with Crippen molar-refractivity contribution in [2.75, 3.05) is 4.72 Å². The first-order valence-corrected chi connectivity index (χ1v) is 13.0. The summed E-state index contributed by atoms with van der Waals surface area (Å²) in [5, 5.41) is 7.13. The Kier molecular flexibility index (Phi) is 6.66. The average molecular weight is 521 g/mol. The number of thiazole rings is 1. The maximum atomic E-state index is 14.9. The number of halogens is 2. The Balaban J connectivity index is 1.60. The minimum absolute atomic E-state index is 0.114. The molecule has 2 aromatic heterocycles. The van der Waals surface area contributed by atoms with E-state index in [2.05, 4.69) is 14.8 Å². The Morgan fingerprint density at radius 1 is 1.15 bits per heavy atom. The molecule has 1 N–H and O–H groups in total. The summed E-state index contributed by atoms with van der Waals surface area (Å²) in [4.78, 5) is 3.65. The molecule has 0 unspecified atom stereocenters. The number of rotatable bonds is 7. The van der Waals surface area contributed by atoms with Crippen LogP contribution in [0.4, 0.5) is 9.52 Å². The molecule has 0 aliphatic carbocycles. The molecule has 11 heteroatoms. The van der Waals surface area contributed by atoms with Gasteiger partial charge in [0.05, 0.1) is 16.1 Å². The van der Waals surface area contributed by atoms with Gasteiger partial charge in [0.2, 0.25) is 5.88 Å². The smallest absolute Gasteiger partial charge is 0.263 e. The molecule has 0 saturated carbocycles. The van der Waals surface area contributed by atoms with Crippen LogP contribution in [0.15, 0.2) is 65.0 Å². The van der Waals surface area contributed by atoms with Gasteiger partial charge in [-0.25, -0.2) is 22.5 Å². The minimum Gasteiger partial charge on any atom is -0.436 e. The molecule has 0 aliphatic rings. The van der Waals surface area contributed by atoms with Crippen molar-refractivity contribution < 1.29 is 17.5 Å². The lowest BCUT2D eigenvalue weighted by Crippen LogP contribution is -2.24. The van der Waals surface area contributed by atoms with E-state index in [1.54, 1.807) is 16.1 Å². The maximum Gasteiger partial charge on any atom is 0.263 e. The van der Waals surface area contributed by atoms with E-state index in [0.29, 0.717) is 17.3 Å². The highest BCUT2D eigenvalue weighted by molar-refractivity contribution is 7.93. The highest BCUT2D eigenvalue weighted by atomic mass is 35.5. The predicted octanol–water partition coefficient (Wildman–Crippen LogP) is 6.07. The highest BCUT2D eigenvalue weighted by Crippen LogP contribution is 2.31. The molecule has 0 fully saturated rings. The van der Waals surface area contributed by atoms with Crippen LogP contribution >= 0.6 is 22.9 Å². The number of aromatic nitrogens is 3. The van der Waals surface area contributed by atoms with Crippen molar-refractivity contribution in [1.29, 1.82) is 0 Å². The monoisotopic (exact) mass is 520 g/mol. The van der Waals surface area contributed by atoms with Gasteiger partial charge in [0.1, 0.15) is 0 Å². The number of anilines is 1. The van der Waals surface area contributed by atoms with E-state index in [9.17, 15) is 12.8 Å². The Morgan fingerprint density at radius 3 is 2.50 bits per heavy atom. The third-order valence-electron chi connectivity index (χ3n) is 4.74. The summed E-state index contributed by atoms with van der Waals surface area (Å²) in [6.45, 7) is 5.86. The molecule has 34 heavy (non-hydrogen) atoms. The van der Waals surface area contributed by atoms with Crippen molar-refractivity contribution in [3.8, 4) is 11.6 Å². The molecular formula is C23H22ClFN4O3S2. The summed E-state index contributed by atoms with van der Waals surface area (Å²) in [7, 11) is -3.98. The van der Waals surface area contributed by atoms with Crippen molar-refractivity contribution in [3.63, 3.8) is 0 Å². The van der Waals surface area contributed by atoms with Gasteiger partial charge in [-0.05, 0) is 56.7 Å². The van der Waals surface area contributed by atoms with Gasteiger partial charge in [-0.15, -0.1) is 11.3 Å². The lowest BCUT2D eigenvalue weighted by Gasteiger charge is -2.22. The lowest BCUT2D eigenvalue weighted by molar-refractivity contribution is 0.296. The topological polar surface area (TPSA) is 86.1 Å². The summed E-state index contributed by atoms with van der Waals surface area (Å²) < 4.78 is 49.8. The van der Waals surface area contributed by atoms with Gasteiger partial charge in [-0.1, -0.05) is 23.7 Å². The Hall–Kier alpha value is -2.95. The zero-order chi connectivity index (χ0) is 24.5. The number of sulfonamides is 1. The van der Waals surface area contributed by atoms with Gasteiger partial charge in [-0.3, -0.25) is 4.72 Å². The fourth-order valence-corrected chi connectivity index (χ4v) is 5.08. The zero-order valence-electron chi connectivity index (χ0n) is 18.6. The molecule has 0 bridgehead atoms. The van der Waals surface area contributed by atoms with Crippen molar-refractivity contribution in [1.82, 2.24) is 14.8 Å². The summed E-state index contributed by atoms with van der Waals surface area (Å²) in [6, 6.07) is 12.7. The fraction of sp³-hybridized carbons (Fsp3) is 0.217. The van der Waals surface area contributed by atoms with Crippen molar-refractivity contribution in [2.45, 2.75) is 37.6 Å². The van der Waals surface area contributed by atoms with Gasteiger partial charge in [0.15, 0.2) is 16.7 Å². The molecule has 0 amide bonds. The number of benzene rings is 2. The predicted molar refractivity (Wildman–Crippen MR) is 131 cm³/mol. The van der Waals surface area contributed by atoms with Crippen LogP contribution in [0.5, 0.6) is 11.6 Å². The highest BCUT2D eigenvalue weighted by Gasteiger charge is 2.23. The van der Waals surface area contributed by atoms with E-state index in [1.807, 2.05) is 45.0 Å². The quantitative estimate of drug-likeness (QED) is 0.319. The van der Waals surface area contributed by atoms with Crippen molar-refractivity contribution in [2.24, 2.45) is 0 Å². The van der Waals surface area contributed by atoms with Gasteiger partial charge in [0.25, 0.3) is 10.0 Å². The summed E-state index contributed by atoms with van der Waals surface area (Å²) in [5.74, 6) is -0.591. The minimum atomic E-state index is -3.98. The van der Waals surface area contributed by atoms with E-state index >= 15 is 0 Å². The number of nitrogens with one attached hydrogen (secondary N) is 1. The summed E-state index contributed by atoms with van der Waals surface area (Å²) >= 11 is 7.09. The van der Waals surface area contributed by atoms with Crippen molar-refractivity contribution in [3.05, 3.63) is 82.2 Å². The fourth-order valence-electron chi connectivity index (χ4n) is 3.15. The standard InChI is InChI=1S/C23H22ClFN4O3S2/c1-23(2,3)29-21(13-17(27-29)12-15-4-6-16(24)7-5-15)32-20-9-8-18(14-19(20)25)34(30,31)28-22-26-10-11-33-22/h4-11,13-14H,12H2,1-3H3,(H,26,28). The van der Waals surface area contributed by atoms with E-state index < -0.39 is 21.4 Å². The van der Waals surface area contributed by atoms with E-state index in [1.165, 1.54) is 18.3 Å². The molecule has 0 atom stereocenters. The van der Waals surface area contributed by atoms with Crippen LogP contribution in [0, 0.1) is 5.82 Å². The van der Waals surface area contributed by atoms with E-state index in [-0.39, 0.29) is 15.8 Å². The van der Waals surface area contributed by atoms with Crippen LogP contribution in [0.2, 0.25) is 5.02 Å². The molecule has 0 radical (unpaired) electrons. The first-order valence-electron chi connectivity index (χ1n) is 10.2. The van der Waals surface area contributed by atoms with Gasteiger partial charge in [-0.2, -0.15) is 5.10 Å². The second kappa shape index (κ2) is 9.36. The van der Waals surface area contributed by atoms with Gasteiger partial charge < -0.3 is 4.74 Å². The molecule has 4 aromatic rings. The normalized spacial score (nSPS) is 12.0. The number of ether oxygens (including phenoxy) is 1. The lowest BCUT2D eigenvalue weighted by atomic mass is 10.1. The van der Waals surface area contributed by atoms with Crippen LogP contribution in [-0.2, 0) is 22.0 Å². The molecule has 4 rings (SSSR count). The second-order valence-corrected chi connectivity index (χ2v) is 11.5. The first-order chi connectivity index (χ1) is 16.0. The number of nitrogens with zero attached hydrogens (tertiary/aromatic N) is 3. The Labute approximate surface area is 206 Å². The number of hydrogen-bond donors (Lipinski definition) is 1. The van der Waals surface area contributed by atoms with Crippen LogP contribution in [0.1, 0.15) is 32.0 Å². The molecule has 0 aliphatic heterocycles. The average Bonchev–Trinajstić information content (AvgIpc) is 3.40. The Bertz CT molecular complexity index is 1400. The van der Waals surface area contributed by atoms with Crippen molar-refractivity contribution >= 4 is 38.1 Å². The third-order valence-corrected chi connectivity index (χ3v) is 7.15. The molecule has 7 nitrogen and oxygen atoms in total. The molecule has 0 saturated heterocycles. The van der Waals surface area contributed by atoms with Crippen LogP contribution in [0.3, 0.4) is 0 Å². The third kappa shape index (κ3) is 5.57. The molecular weight excluding hydrogens is 499 g/mol. The molecule has 178 valence electrons.